The van der Waals surface area contributed by atoms with Crippen molar-refractivity contribution in [2.24, 2.45) is 0 Å². The quantitative estimate of drug-likeness (QED) is 0.739. The van der Waals surface area contributed by atoms with Crippen LogP contribution < -0.4 is 4.74 Å². The van der Waals surface area contributed by atoms with E-state index in [0.717, 1.165) is 30.9 Å². The van der Waals surface area contributed by atoms with Crippen molar-refractivity contribution in [1.82, 2.24) is 4.90 Å². The van der Waals surface area contributed by atoms with Crippen LogP contribution in [0.4, 0.5) is 0 Å². The second-order valence-electron chi connectivity index (χ2n) is 6.86. The Kier molecular flexibility index (Phi) is 6.63. The summed E-state index contributed by atoms with van der Waals surface area (Å²) in [7, 11) is 3.20. The summed E-state index contributed by atoms with van der Waals surface area (Å²) in [4.78, 5) is 2.41. The highest BCUT2D eigenvalue weighted by Gasteiger charge is 2.47. The van der Waals surface area contributed by atoms with Gasteiger partial charge in [-0.3, -0.25) is 0 Å². The summed E-state index contributed by atoms with van der Waals surface area (Å²) in [6, 6.07) is 7.45. The van der Waals surface area contributed by atoms with E-state index in [4.69, 9.17) is 14.2 Å². The van der Waals surface area contributed by atoms with Crippen LogP contribution in [0.3, 0.4) is 0 Å². The number of hydrogen-bond acceptors (Lipinski definition) is 5. The maximum Gasteiger partial charge on any atom is 0.223 e. The summed E-state index contributed by atoms with van der Waals surface area (Å²) in [6.45, 7) is 7.01. The summed E-state index contributed by atoms with van der Waals surface area (Å²) < 4.78 is 17.1. The first kappa shape index (κ1) is 19.2. The lowest BCUT2D eigenvalue weighted by atomic mass is 9.90. The van der Waals surface area contributed by atoms with Crippen LogP contribution in [-0.4, -0.2) is 56.1 Å². The molecule has 1 aromatic carbocycles. The van der Waals surface area contributed by atoms with E-state index in [1.807, 2.05) is 24.3 Å². The normalized spacial score (nSPS) is 19.0. The molecule has 0 aliphatic carbocycles. The summed E-state index contributed by atoms with van der Waals surface area (Å²) in [5.74, 6) is -0.456. The molecular formula is C19H31NO4. The second-order valence-corrected chi connectivity index (χ2v) is 6.86. The number of ether oxygens (including phenoxy) is 3. The van der Waals surface area contributed by atoms with Crippen molar-refractivity contribution in [1.29, 1.82) is 0 Å². The van der Waals surface area contributed by atoms with Gasteiger partial charge in [0.25, 0.3) is 0 Å². The summed E-state index contributed by atoms with van der Waals surface area (Å²) >= 11 is 0. The molecule has 0 saturated carbocycles. The van der Waals surface area contributed by atoms with Crippen molar-refractivity contribution in [3.63, 3.8) is 0 Å². The standard InChI is InChI=1S/C19H31NO4/c1-18(2,21)19(23-4,16-8-10-17(22-3)11-9-16)24-15-14-20-12-6-5-7-13-20/h8-11,21H,5-7,12-15H2,1-4H3/t19-/m1/s1. The predicted octanol–water partition coefficient (Wildman–Crippen LogP) is 2.77. The van der Waals surface area contributed by atoms with E-state index in [-0.39, 0.29) is 0 Å². The minimum atomic E-state index is -1.21. The van der Waals surface area contributed by atoms with Gasteiger partial charge in [-0.15, -0.1) is 0 Å². The second kappa shape index (κ2) is 8.30. The van der Waals surface area contributed by atoms with Crippen LogP contribution in [0.15, 0.2) is 24.3 Å². The molecule has 1 heterocycles. The van der Waals surface area contributed by atoms with Crippen LogP contribution in [0, 0.1) is 0 Å². The van der Waals surface area contributed by atoms with Crippen molar-refractivity contribution >= 4 is 0 Å². The number of likely N-dealkylation sites (tertiary alicyclic amines) is 1. The molecule has 1 N–H and O–H groups in total. The van der Waals surface area contributed by atoms with Gasteiger partial charge in [-0.05, 0) is 64.0 Å². The van der Waals surface area contributed by atoms with E-state index in [9.17, 15) is 5.11 Å². The molecule has 5 heteroatoms. The van der Waals surface area contributed by atoms with Gasteiger partial charge in [-0.2, -0.15) is 0 Å². The molecule has 136 valence electrons. The lowest BCUT2D eigenvalue weighted by Gasteiger charge is -2.42. The van der Waals surface area contributed by atoms with Crippen molar-refractivity contribution in [3.8, 4) is 5.75 Å². The molecule has 1 aliphatic rings. The zero-order chi connectivity index (χ0) is 17.6. The van der Waals surface area contributed by atoms with Gasteiger partial charge in [0.05, 0.1) is 13.7 Å². The Labute approximate surface area is 145 Å². The zero-order valence-corrected chi connectivity index (χ0v) is 15.4. The van der Waals surface area contributed by atoms with E-state index in [0.29, 0.717) is 6.61 Å². The number of benzene rings is 1. The van der Waals surface area contributed by atoms with E-state index in [1.54, 1.807) is 28.1 Å². The molecule has 0 unspecified atom stereocenters. The van der Waals surface area contributed by atoms with Crippen LogP contribution >= 0.6 is 0 Å². The largest absolute Gasteiger partial charge is 0.497 e. The van der Waals surface area contributed by atoms with Crippen molar-refractivity contribution in [2.45, 2.75) is 44.5 Å². The first-order chi connectivity index (χ1) is 11.4. The van der Waals surface area contributed by atoms with E-state index < -0.39 is 11.4 Å². The molecule has 0 radical (unpaired) electrons. The maximum atomic E-state index is 10.7. The highest BCUT2D eigenvalue weighted by Crippen LogP contribution is 2.38. The smallest absolute Gasteiger partial charge is 0.223 e. The highest BCUT2D eigenvalue weighted by atomic mass is 16.7. The fraction of sp³-hybridized carbons (Fsp3) is 0.684. The topological polar surface area (TPSA) is 51.2 Å². The number of methoxy groups -OCH3 is 2. The Hall–Kier alpha value is -1.14. The Bertz CT molecular complexity index is 491. The Morgan fingerprint density at radius 2 is 1.67 bits per heavy atom. The highest BCUT2D eigenvalue weighted by molar-refractivity contribution is 5.31. The molecule has 1 saturated heterocycles. The van der Waals surface area contributed by atoms with Crippen molar-refractivity contribution in [2.75, 3.05) is 40.5 Å². The maximum absolute atomic E-state index is 10.7. The van der Waals surface area contributed by atoms with Crippen molar-refractivity contribution in [3.05, 3.63) is 29.8 Å². The predicted molar refractivity (Wildman–Crippen MR) is 94.2 cm³/mol. The molecular weight excluding hydrogens is 306 g/mol. The van der Waals surface area contributed by atoms with Gasteiger partial charge >= 0.3 is 0 Å². The van der Waals surface area contributed by atoms with Gasteiger partial charge in [-0.25, -0.2) is 0 Å². The minimum Gasteiger partial charge on any atom is -0.497 e. The number of hydrogen-bond donors (Lipinski definition) is 1. The molecule has 0 bridgehead atoms. The van der Waals surface area contributed by atoms with E-state index in [1.165, 1.54) is 19.3 Å². The zero-order valence-electron chi connectivity index (χ0n) is 15.4. The van der Waals surface area contributed by atoms with Crippen LogP contribution in [0.5, 0.6) is 5.75 Å². The molecule has 1 aromatic rings. The van der Waals surface area contributed by atoms with Gasteiger partial charge in [0, 0.05) is 19.2 Å². The molecule has 0 spiro atoms. The molecule has 1 fully saturated rings. The van der Waals surface area contributed by atoms with E-state index >= 15 is 0 Å². The summed E-state index contributed by atoms with van der Waals surface area (Å²) in [6.07, 6.45) is 3.81. The molecule has 1 aliphatic heterocycles. The van der Waals surface area contributed by atoms with Crippen LogP contribution in [0.25, 0.3) is 0 Å². The molecule has 2 rings (SSSR count). The third-order valence-corrected chi connectivity index (χ3v) is 4.72. The SMILES string of the molecule is COc1ccc([C@@](OC)(OCCN2CCCCC2)C(C)(C)O)cc1. The molecule has 1 atom stereocenters. The Morgan fingerprint density at radius 3 is 2.17 bits per heavy atom. The molecule has 0 aromatic heterocycles. The van der Waals surface area contributed by atoms with Crippen LogP contribution in [-0.2, 0) is 15.3 Å². The van der Waals surface area contributed by atoms with Crippen molar-refractivity contribution < 1.29 is 19.3 Å². The van der Waals surface area contributed by atoms with Gasteiger partial charge in [0.1, 0.15) is 11.4 Å². The summed E-state index contributed by atoms with van der Waals surface area (Å²) in [5.41, 5.74) is -0.421. The van der Waals surface area contributed by atoms with Crippen LogP contribution in [0.1, 0.15) is 38.7 Å². The first-order valence-electron chi connectivity index (χ1n) is 8.71. The summed E-state index contributed by atoms with van der Waals surface area (Å²) in [5, 5.41) is 10.7. The minimum absolute atomic E-state index is 0.504. The van der Waals surface area contributed by atoms with Gasteiger partial charge in [0.15, 0.2) is 0 Å². The van der Waals surface area contributed by atoms with Gasteiger partial charge < -0.3 is 24.2 Å². The number of aliphatic hydroxyl groups is 1. The third-order valence-electron chi connectivity index (χ3n) is 4.72. The molecule has 0 amide bonds. The number of nitrogens with zero attached hydrogens (tertiary/aromatic N) is 1. The van der Waals surface area contributed by atoms with E-state index in [2.05, 4.69) is 4.90 Å². The molecule has 5 nitrogen and oxygen atoms in total. The fourth-order valence-electron chi connectivity index (χ4n) is 3.35. The fourth-order valence-corrected chi connectivity index (χ4v) is 3.35. The lowest BCUT2D eigenvalue weighted by Crippen LogP contribution is -2.52. The number of rotatable bonds is 8. The van der Waals surface area contributed by atoms with Crippen LogP contribution in [0.2, 0.25) is 0 Å². The van der Waals surface area contributed by atoms with Gasteiger partial charge in [0.2, 0.25) is 5.79 Å². The first-order valence-corrected chi connectivity index (χ1v) is 8.71. The van der Waals surface area contributed by atoms with Gasteiger partial charge in [-0.1, -0.05) is 6.42 Å². The Balaban J connectivity index is 2.13. The average molecular weight is 337 g/mol. The molecule has 24 heavy (non-hydrogen) atoms. The number of piperidine rings is 1. The lowest BCUT2D eigenvalue weighted by molar-refractivity contribution is -0.313. The Morgan fingerprint density at radius 1 is 1.04 bits per heavy atom. The average Bonchev–Trinajstić information content (AvgIpc) is 2.59. The monoisotopic (exact) mass is 337 g/mol. The third kappa shape index (κ3) is 4.28.